The van der Waals surface area contributed by atoms with Gasteiger partial charge in [-0.25, -0.2) is 8.42 Å². The summed E-state index contributed by atoms with van der Waals surface area (Å²) in [6.07, 6.45) is 4.73. The molecule has 6 heteroatoms. The van der Waals surface area contributed by atoms with Crippen LogP contribution in [-0.4, -0.2) is 68.9 Å². The molecule has 1 heterocycles. The van der Waals surface area contributed by atoms with Crippen LogP contribution in [0.2, 0.25) is 0 Å². The summed E-state index contributed by atoms with van der Waals surface area (Å²) < 4.78 is 23.6. The normalized spacial score (nSPS) is 19.6. The van der Waals surface area contributed by atoms with Gasteiger partial charge in [-0.3, -0.25) is 4.79 Å². The average Bonchev–Trinajstić information content (AvgIpc) is 2.89. The molecule has 1 aliphatic heterocycles. The summed E-state index contributed by atoms with van der Waals surface area (Å²) in [6, 6.07) is 7.73. The number of aryl methyl sites for hydroxylation is 1. The molecule has 0 spiro atoms. The maximum atomic E-state index is 12.7. The Bertz CT molecular complexity index is 726. The van der Waals surface area contributed by atoms with Gasteiger partial charge >= 0.3 is 0 Å². The van der Waals surface area contributed by atoms with Crippen molar-refractivity contribution in [1.29, 1.82) is 0 Å². The first kappa shape index (κ1) is 19.7. The van der Waals surface area contributed by atoms with E-state index < -0.39 is 9.84 Å². The standard InChI is InChI=1S/C19H28N2O3S/c1-16-6-4-7-17(14-16)8-9-19(22)21(12-5-11-20(2)3)18-10-13-25(23,24)15-18/h4,6-9,14,18H,5,10-13,15H2,1-3H3/b9-8+. The molecule has 1 atom stereocenters. The van der Waals surface area contributed by atoms with E-state index in [4.69, 9.17) is 0 Å². The van der Waals surface area contributed by atoms with Crippen LogP contribution >= 0.6 is 0 Å². The van der Waals surface area contributed by atoms with Gasteiger partial charge in [0.05, 0.1) is 11.5 Å². The van der Waals surface area contributed by atoms with Crippen molar-refractivity contribution >= 4 is 21.8 Å². The highest BCUT2D eigenvalue weighted by Gasteiger charge is 2.33. The van der Waals surface area contributed by atoms with E-state index >= 15 is 0 Å². The van der Waals surface area contributed by atoms with Crippen LogP contribution in [-0.2, 0) is 14.6 Å². The molecule has 0 N–H and O–H groups in total. The SMILES string of the molecule is Cc1cccc(/C=C/C(=O)N(CCCN(C)C)C2CCS(=O)(=O)C2)c1. The molecule has 1 unspecified atom stereocenters. The topological polar surface area (TPSA) is 57.7 Å². The lowest BCUT2D eigenvalue weighted by molar-refractivity contribution is -0.127. The van der Waals surface area contributed by atoms with Crippen molar-refractivity contribution in [1.82, 2.24) is 9.80 Å². The number of benzene rings is 1. The molecule has 25 heavy (non-hydrogen) atoms. The number of rotatable bonds is 7. The lowest BCUT2D eigenvalue weighted by atomic mass is 10.1. The fourth-order valence-corrected chi connectivity index (χ4v) is 4.82. The second kappa shape index (κ2) is 8.63. The Kier molecular flexibility index (Phi) is 6.79. The van der Waals surface area contributed by atoms with Crippen molar-refractivity contribution in [3.8, 4) is 0 Å². The highest BCUT2D eigenvalue weighted by molar-refractivity contribution is 7.91. The second-order valence-electron chi connectivity index (χ2n) is 6.99. The molecule has 0 radical (unpaired) electrons. The lowest BCUT2D eigenvalue weighted by Gasteiger charge is -2.27. The van der Waals surface area contributed by atoms with E-state index in [1.54, 1.807) is 17.1 Å². The number of carbonyl (C=O) groups excluding carboxylic acids is 1. The monoisotopic (exact) mass is 364 g/mol. The zero-order valence-corrected chi connectivity index (χ0v) is 16.1. The van der Waals surface area contributed by atoms with Crippen LogP contribution in [0, 0.1) is 6.92 Å². The van der Waals surface area contributed by atoms with E-state index in [1.165, 1.54) is 0 Å². The Hall–Kier alpha value is -1.66. The van der Waals surface area contributed by atoms with Crippen molar-refractivity contribution in [2.24, 2.45) is 0 Å². The van der Waals surface area contributed by atoms with Crippen LogP contribution in [0.25, 0.3) is 6.08 Å². The molecular weight excluding hydrogens is 336 g/mol. The minimum absolute atomic E-state index is 0.0823. The third-order valence-electron chi connectivity index (χ3n) is 4.40. The highest BCUT2D eigenvalue weighted by atomic mass is 32.2. The van der Waals surface area contributed by atoms with E-state index in [0.29, 0.717) is 13.0 Å². The lowest BCUT2D eigenvalue weighted by Crippen LogP contribution is -2.41. The third kappa shape index (κ3) is 6.29. The molecule has 0 saturated carbocycles. The highest BCUT2D eigenvalue weighted by Crippen LogP contribution is 2.19. The van der Waals surface area contributed by atoms with Gasteiger partial charge in [0.1, 0.15) is 0 Å². The van der Waals surface area contributed by atoms with E-state index in [-0.39, 0.29) is 23.5 Å². The quantitative estimate of drug-likeness (QED) is 0.694. The first-order chi connectivity index (χ1) is 11.8. The van der Waals surface area contributed by atoms with Crippen molar-refractivity contribution in [3.63, 3.8) is 0 Å². The summed E-state index contributed by atoms with van der Waals surface area (Å²) >= 11 is 0. The second-order valence-corrected chi connectivity index (χ2v) is 9.22. The van der Waals surface area contributed by atoms with Gasteiger partial charge in [0.25, 0.3) is 0 Å². The van der Waals surface area contributed by atoms with Gasteiger partial charge in [-0.15, -0.1) is 0 Å². The zero-order chi connectivity index (χ0) is 18.4. The van der Waals surface area contributed by atoms with Crippen LogP contribution in [0.5, 0.6) is 0 Å². The number of hydrogen-bond donors (Lipinski definition) is 0. The number of sulfone groups is 1. The number of carbonyl (C=O) groups is 1. The Morgan fingerprint density at radius 2 is 2.04 bits per heavy atom. The third-order valence-corrected chi connectivity index (χ3v) is 6.15. The minimum Gasteiger partial charge on any atom is -0.335 e. The fourth-order valence-electron chi connectivity index (χ4n) is 3.09. The number of nitrogens with zero attached hydrogens (tertiary/aromatic N) is 2. The molecule has 138 valence electrons. The molecule has 1 fully saturated rings. The van der Waals surface area contributed by atoms with Gasteiger partial charge < -0.3 is 9.80 Å². The Labute approximate surface area is 151 Å². The zero-order valence-electron chi connectivity index (χ0n) is 15.3. The van der Waals surface area contributed by atoms with Crippen molar-refractivity contribution in [2.75, 3.05) is 38.7 Å². The van der Waals surface area contributed by atoms with Crippen molar-refractivity contribution in [2.45, 2.75) is 25.8 Å². The van der Waals surface area contributed by atoms with Crippen LogP contribution in [0.3, 0.4) is 0 Å². The van der Waals surface area contributed by atoms with E-state index in [1.807, 2.05) is 45.3 Å². The molecule has 1 amide bonds. The van der Waals surface area contributed by atoms with Gasteiger partial charge in [0.15, 0.2) is 9.84 Å². The Balaban J connectivity index is 2.08. The molecule has 5 nitrogen and oxygen atoms in total. The van der Waals surface area contributed by atoms with Gasteiger partial charge in [-0.05, 0) is 52.0 Å². The first-order valence-corrected chi connectivity index (χ1v) is 10.5. The smallest absolute Gasteiger partial charge is 0.246 e. The van der Waals surface area contributed by atoms with Gasteiger partial charge in [0, 0.05) is 18.7 Å². The van der Waals surface area contributed by atoms with E-state index in [0.717, 1.165) is 24.1 Å². The molecular formula is C19H28N2O3S. The molecule has 1 aromatic rings. The maximum absolute atomic E-state index is 12.7. The summed E-state index contributed by atoms with van der Waals surface area (Å²) in [4.78, 5) is 16.5. The van der Waals surface area contributed by atoms with Crippen LogP contribution in [0.1, 0.15) is 24.0 Å². The Morgan fingerprint density at radius 1 is 1.28 bits per heavy atom. The van der Waals surface area contributed by atoms with Crippen LogP contribution in [0.15, 0.2) is 30.3 Å². The summed E-state index contributed by atoms with van der Waals surface area (Å²) in [6.45, 7) is 3.45. The molecule has 2 rings (SSSR count). The van der Waals surface area contributed by atoms with Gasteiger partial charge in [-0.2, -0.15) is 0 Å². The van der Waals surface area contributed by atoms with Gasteiger partial charge in [0.2, 0.25) is 5.91 Å². The molecule has 1 aromatic carbocycles. The van der Waals surface area contributed by atoms with Gasteiger partial charge in [-0.1, -0.05) is 29.8 Å². The first-order valence-electron chi connectivity index (χ1n) is 8.67. The Morgan fingerprint density at radius 3 is 2.64 bits per heavy atom. The van der Waals surface area contributed by atoms with Crippen LogP contribution in [0.4, 0.5) is 0 Å². The molecule has 0 aromatic heterocycles. The summed E-state index contributed by atoms with van der Waals surface area (Å²) in [5, 5.41) is 0. The summed E-state index contributed by atoms with van der Waals surface area (Å²) in [5.41, 5.74) is 2.11. The molecule has 0 bridgehead atoms. The van der Waals surface area contributed by atoms with E-state index in [9.17, 15) is 13.2 Å². The maximum Gasteiger partial charge on any atom is 0.246 e. The largest absolute Gasteiger partial charge is 0.335 e. The predicted molar refractivity (Wildman–Crippen MR) is 102 cm³/mol. The number of hydrogen-bond acceptors (Lipinski definition) is 4. The number of amides is 1. The summed E-state index contributed by atoms with van der Waals surface area (Å²) in [7, 11) is 0.963. The van der Waals surface area contributed by atoms with Crippen LogP contribution < -0.4 is 0 Å². The van der Waals surface area contributed by atoms with E-state index in [2.05, 4.69) is 4.90 Å². The average molecular weight is 365 g/mol. The minimum atomic E-state index is -3.02. The predicted octanol–water partition coefficient (Wildman–Crippen LogP) is 1.98. The molecule has 0 aliphatic carbocycles. The molecule has 1 aliphatic rings. The fraction of sp³-hybridized carbons (Fsp3) is 0.526. The molecule has 1 saturated heterocycles. The van der Waals surface area contributed by atoms with Crippen molar-refractivity contribution in [3.05, 3.63) is 41.5 Å². The van der Waals surface area contributed by atoms with Crippen molar-refractivity contribution < 1.29 is 13.2 Å². The summed E-state index contributed by atoms with van der Waals surface area (Å²) in [5.74, 6) is 0.151.